The molecular formula is C26H20FN3O3. The third kappa shape index (κ3) is 3.67. The minimum atomic E-state index is -0.404. The van der Waals surface area contributed by atoms with Crippen LogP contribution < -0.4 is 5.32 Å². The Balaban J connectivity index is 1.37. The van der Waals surface area contributed by atoms with E-state index in [0.717, 1.165) is 22.2 Å². The fourth-order valence-corrected chi connectivity index (χ4v) is 4.25. The van der Waals surface area contributed by atoms with Crippen LogP contribution >= 0.6 is 0 Å². The highest BCUT2D eigenvalue weighted by Gasteiger charge is 2.34. The molecule has 0 saturated carbocycles. The molecular weight excluding hydrogens is 421 g/mol. The number of aromatic nitrogens is 1. The molecule has 0 unspecified atom stereocenters. The Labute approximate surface area is 189 Å². The van der Waals surface area contributed by atoms with Crippen LogP contribution in [0.2, 0.25) is 0 Å². The summed E-state index contributed by atoms with van der Waals surface area (Å²) < 4.78 is 13.1. The smallest absolute Gasteiger partial charge is 0.261 e. The van der Waals surface area contributed by atoms with E-state index in [2.05, 4.69) is 10.3 Å². The van der Waals surface area contributed by atoms with Crippen molar-refractivity contribution < 1.29 is 18.8 Å². The van der Waals surface area contributed by atoms with E-state index in [1.807, 2.05) is 19.1 Å². The number of amides is 3. The number of H-pyrrole nitrogens is 1. The normalized spacial score (nSPS) is 13.0. The number of aromatic amines is 1. The van der Waals surface area contributed by atoms with Crippen LogP contribution in [0.15, 0.2) is 66.7 Å². The molecule has 0 radical (unpaired) electrons. The Bertz CT molecular complexity index is 1390. The summed E-state index contributed by atoms with van der Waals surface area (Å²) >= 11 is 0. The summed E-state index contributed by atoms with van der Waals surface area (Å²) in [5.41, 5.74) is 4.62. The van der Waals surface area contributed by atoms with Crippen LogP contribution in [0.5, 0.6) is 0 Å². The van der Waals surface area contributed by atoms with Gasteiger partial charge in [-0.3, -0.25) is 19.3 Å². The lowest BCUT2D eigenvalue weighted by Crippen LogP contribution is -2.31. The van der Waals surface area contributed by atoms with Crippen molar-refractivity contribution in [3.63, 3.8) is 0 Å². The average molecular weight is 441 g/mol. The van der Waals surface area contributed by atoms with Gasteiger partial charge in [-0.25, -0.2) is 4.39 Å². The molecule has 0 aliphatic carbocycles. The van der Waals surface area contributed by atoms with Gasteiger partial charge in [0.2, 0.25) is 0 Å². The maximum absolute atomic E-state index is 13.1. The minimum Gasteiger partial charge on any atom is -0.358 e. The van der Waals surface area contributed by atoms with Crippen LogP contribution in [0.4, 0.5) is 10.1 Å². The summed E-state index contributed by atoms with van der Waals surface area (Å²) in [7, 11) is 0. The van der Waals surface area contributed by atoms with E-state index in [1.165, 1.54) is 29.2 Å². The summed E-state index contributed by atoms with van der Waals surface area (Å²) in [4.78, 5) is 42.5. The van der Waals surface area contributed by atoms with E-state index in [0.29, 0.717) is 28.8 Å². The first-order valence-electron chi connectivity index (χ1n) is 10.6. The summed E-state index contributed by atoms with van der Waals surface area (Å²) in [5.74, 6) is -1.30. The standard InChI is InChI=1S/C26H20FN3O3/c1-15-19(12-13-30-25(32)20-4-2-3-5-21(20)26(30)33)22-14-18(10-11-23(22)28-15)29-24(31)16-6-8-17(27)9-7-16/h2-11,14,28H,12-13H2,1H3,(H,29,31). The van der Waals surface area contributed by atoms with Crippen molar-refractivity contribution in [1.29, 1.82) is 0 Å². The van der Waals surface area contributed by atoms with E-state index in [4.69, 9.17) is 0 Å². The number of carbonyl (C=O) groups excluding carboxylic acids is 3. The number of fused-ring (bicyclic) bond motifs is 2. The third-order valence-electron chi connectivity index (χ3n) is 5.95. The van der Waals surface area contributed by atoms with Crippen LogP contribution in [-0.2, 0) is 6.42 Å². The van der Waals surface area contributed by atoms with Crippen molar-refractivity contribution in [2.45, 2.75) is 13.3 Å². The van der Waals surface area contributed by atoms with E-state index in [9.17, 15) is 18.8 Å². The van der Waals surface area contributed by atoms with Gasteiger partial charge in [0.05, 0.1) is 11.1 Å². The fraction of sp³-hybridized carbons (Fsp3) is 0.115. The van der Waals surface area contributed by atoms with E-state index in [1.54, 1.807) is 30.3 Å². The number of carbonyl (C=O) groups is 3. The number of hydrogen-bond acceptors (Lipinski definition) is 3. The molecule has 5 rings (SSSR count). The lowest BCUT2D eigenvalue weighted by Gasteiger charge is -2.14. The lowest BCUT2D eigenvalue weighted by atomic mass is 10.1. The largest absolute Gasteiger partial charge is 0.358 e. The monoisotopic (exact) mass is 441 g/mol. The molecule has 4 aromatic rings. The van der Waals surface area contributed by atoms with Gasteiger partial charge in [0.25, 0.3) is 17.7 Å². The second kappa shape index (κ2) is 8.02. The lowest BCUT2D eigenvalue weighted by molar-refractivity contribution is 0.0655. The molecule has 3 amide bonds. The number of rotatable bonds is 5. The van der Waals surface area contributed by atoms with Crippen molar-refractivity contribution in [1.82, 2.24) is 9.88 Å². The number of hydrogen-bond donors (Lipinski definition) is 2. The van der Waals surface area contributed by atoms with Crippen molar-refractivity contribution in [2.24, 2.45) is 0 Å². The highest BCUT2D eigenvalue weighted by atomic mass is 19.1. The van der Waals surface area contributed by atoms with Gasteiger partial charge in [-0.1, -0.05) is 12.1 Å². The number of aryl methyl sites for hydroxylation is 1. The summed E-state index contributed by atoms with van der Waals surface area (Å²) in [6, 6.07) is 17.7. The maximum Gasteiger partial charge on any atom is 0.261 e. The van der Waals surface area contributed by atoms with E-state index in [-0.39, 0.29) is 24.3 Å². The van der Waals surface area contributed by atoms with Gasteiger partial charge in [-0.05, 0) is 73.5 Å². The molecule has 33 heavy (non-hydrogen) atoms. The zero-order valence-corrected chi connectivity index (χ0v) is 17.8. The first-order valence-corrected chi connectivity index (χ1v) is 10.6. The maximum atomic E-state index is 13.1. The molecule has 2 N–H and O–H groups in total. The molecule has 1 aliphatic rings. The van der Waals surface area contributed by atoms with Crippen LogP contribution in [0.25, 0.3) is 10.9 Å². The molecule has 6 nitrogen and oxygen atoms in total. The predicted octanol–water partition coefficient (Wildman–Crippen LogP) is 4.71. The highest BCUT2D eigenvalue weighted by Crippen LogP contribution is 2.28. The van der Waals surface area contributed by atoms with Crippen LogP contribution in [0.3, 0.4) is 0 Å². The molecule has 0 spiro atoms. The number of nitrogens with one attached hydrogen (secondary N) is 2. The molecule has 164 valence electrons. The summed E-state index contributed by atoms with van der Waals surface area (Å²) in [6.07, 6.45) is 0.479. The van der Waals surface area contributed by atoms with Gasteiger partial charge in [0.1, 0.15) is 5.82 Å². The van der Waals surface area contributed by atoms with Crippen molar-refractivity contribution in [2.75, 3.05) is 11.9 Å². The molecule has 0 saturated heterocycles. The molecule has 0 fully saturated rings. The second-order valence-corrected chi connectivity index (χ2v) is 8.01. The minimum absolute atomic E-state index is 0.256. The molecule has 7 heteroatoms. The first-order chi connectivity index (χ1) is 15.9. The Morgan fingerprint density at radius 2 is 1.64 bits per heavy atom. The molecule has 3 aromatic carbocycles. The van der Waals surface area contributed by atoms with Crippen molar-refractivity contribution in [3.8, 4) is 0 Å². The van der Waals surface area contributed by atoms with Gasteiger partial charge in [0, 0.05) is 34.4 Å². The SMILES string of the molecule is Cc1[nH]c2ccc(NC(=O)c3ccc(F)cc3)cc2c1CCN1C(=O)c2ccccc2C1=O. The number of halogens is 1. The Hall–Kier alpha value is -4.26. The summed E-state index contributed by atoms with van der Waals surface area (Å²) in [6.45, 7) is 2.20. The Morgan fingerprint density at radius 3 is 2.30 bits per heavy atom. The quantitative estimate of drug-likeness (QED) is 0.440. The molecule has 2 heterocycles. The molecule has 0 bridgehead atoms. The fourth-order valence-electron chi connectivity index (χ4n) is 4.25. The second-order valence-electron chi connectivity index (χ2n) is 8.01. The highest BCUT2D eigenvalue weighted by molar-refractivity contribution is 6.21. The topological polar surface area (TPSA) is 82.3 Å². The Morgan fingerprint density at radius 1 is 0.970 bits per heavy atom. The van der Waals surface area contributed by atoms with Gasteiger partial charge in [-0.15, -0.1) is 0 Å². The van der Waals surface area contributed by atoms with Crippen LogP contribution in [0.1, 0.15) is 42.3 Å². The zero-order valence-electron chi connectivity index (χ0n) is 17.8. The predicted molar refractivity (Wildman–Crippen MR) is 123 cm³/mol. The van der Waals surface area contributed by atoms with Gasteiger partial charge in [-0.2, -0.15) is 0 Å². The zero-order chi connectivity index (χ0) is 23.1. The number of benzene rings is 3. The van der Waals surface area contributed by atoms with Crippen molar-refractivity contribution >= 4 is 34.3 Å². The van der Waals surface area contributed by atoms with Crippen molar-refractivity contribution in [3.05, 3.63) is 100 Å². The number of imide groups is 1. The first kappa shape index (κ1) is 20.6. The number of anilines is 1. The van der Waals surface area contributed by atoms with E-state index >= 15 is 0 Å². The van der Waals surface area contributed by atoms with Crippen LogP contribution in [-0.4, -0.2) is 34.2 Å². The Kier molecular flexibility index (Phi) is 5.01. The van der Waals surface area contributed by atoms with Gasteiger partial charge in [0.15, 0.2) is 0 Å². The summed E-state index contributed by atoms with van der Waals surface area (Å²) in [5, 5.41) is 3.74. The number of nitrogens with zero attached hydrogens (tertiary/aromatic N) is 1. The average Bonchev–Trinajstić information content (AvgIpc) is 3.25. The third-order valence-corrected chi connectivity index (χ3v) is 5.95. The van der Waals surface area contributed by atoms with Crippen LogP contribution in [0, 0.1) is 12.7 Å². The molecule has 1 aromatic heterocycles. The van der Waals surface area contributed by atoms with Gasteiger partial charge >= 0.3 is 0 Å². The molecule has 0 atom stereocenters. The van der Waals surface area contributed by atoms with Gasteiger partial charge < -0.3 is 10.3 Å². The molecule has 1 aliphatic heterocycles. The van der Waals surface area contributed by atoms with E-state index < -0.39 is 5.82 Å².